The van der Waals surface area contributed by atoms with Gasteiger partial charge in [0.25, 0.3) is 0 Å². The van der Waals surface area contributed by atoms with Crippen molar-refractivity contribution in [3.05, 3.63) is 88.0 Å². The number of ether oxygens (including phenoxy) is 1. The van der Waals surface area contributed by atoms with E-state index in [0.717, 1.165) is 22.3 Å². The molecule has 8 nitrogen and oxygen atoms in total. The molecular weight excluding hydrogens is 613 g/mol. The number of rotatable bonds is 12. The molecule has 0 heterocycles. The molecule has 0 amide bonds. The Morgan fingerprint density at radius 1 is 0.972 bits per heavy atom. The molecule has 0 saturated heterocycles. The van der Waals surface area contributed by atoms with Gasteiger partial charge in [0.05, 0.1) is 11.0 Å². The van der Waals surface area contributed by atoms with Crippen LogP contribution in [0.2, 0.25) is 0 Å². The molecule has 11 heteroatoms. The van der Waals surface area contributed by atoms with E-state index in [2.05, 4.69) is 42.0 Å². The minimum atomic E-state index is -3.35. The lowest BCUT2D eigenvalue weighted by atomic mass is 10.1. The molecule has 0 fully saturated rings. The number of fused-ring (bicyclic) bond motifs is 1. The predicted octanol–water partition coefficient (Wildman–Crippen LogP) is 7.14. The van der Waals surface area contributed by atoms with Gasteiger partial charge in [-0.2, -0.15) is 0 Å². The van der Waals surface area contributed by atoms with Crippen molar-refractivity contribution in [3.63, 3.8) is 0 Å². The minimum absolute atomic E-state index is 0.113. The van der Waals surface area contributed by atoms with Gasteiger partial charge >= 0.3 is 13.4 Å². The van der Waals surface area contributed by atoms with E-state index in [1.807, 2.05) is 48.5 Å². The fourth-order valence-electron chi connectivity index (χ4n) is 4.10. The van der Waals surface area contributed by atoms with Gasteiger partial charge < -0.3 is 4.74 Å². The van der Waals surface area contributed by atoms with E-state index in [0.29, 0.717) is 42.3 Å². The molecule has 190 valence electrons. The number of nitro groups is 1. The first kappa shape index (κ1) is 27.0. The highest BCUT2D eigenvalue weighted by Gasteiger charge is 2.34. The van der Waals surface area contributed by atoms with Crippen LogP contribution < -0.4 is 14.9 Å². The van der Waals surface area contributed by atoms with Crippen molar-refractivity contribution < 1.29 is 18.7 Å². The normalized spacial score (nSPS) is 15.0. The van der Waals surface area contributed by atoms with Crippen LogP contribution in [0.15, 0.2) is 66.7 Å². The summed E-state index contributed by atoms with van der Waals surface area (Å²) in [5.74, 6) is 0.606. The second kappa shape index (κ2) is 12.4. The molecule has 0 saturated carbocycles. The van der Waals surface area contributed by atoms with E-state index in [1.54, 1.807) is 12.1 Å². The van der Waals surface area contributed by atoms with Crippen LogP contribution in [0.25, 0.3) is 11.1 Å². The Kier molecular flexibility index (Phi) is 9.33. The highest BCUT2D eigenvalue weighted by molar-refractivity contribution is 9.09. The van der Waals surface area contributed by atoms with Crippen molar-refractivity contribution in [1.29, 1.82) is 0 Å². The van der Waals surface area contributed by atoms with Crippen LogP contribution in [0.1, 0.15) is 23.7 Å². The smallest absolute Gasteiger partial charge is 0.341 e. The number of benzene rings is 3. The monoisotopic (exact) mass is 637 g/mol. The van der Waals surface area contributed by atoms with Gasteiger partial charge in [0.15, 0.2) is 0 Å². The third-order valence-electron chi connectivity index (χ3n) is 5.71. The molecule has 0 aromatic heterocycles. The summed E-state index contributed by atoms with van der Waals surface area (Å²) in [4.78, 5) is 11.4. The third-order valence-corrected chi connectivity index (χ3v) is 8.34. The molecule has 1 unspecified atom stereocenters. The van der Waals surface area contributed by atoms with E-state index >= 15 is 0 Å². The van der Waals surface area contributed by atoms with Crippen LogP contribution in [-0.4, -0.2) is 28.7 Å². The molecule has 36 heavy (non-hydrogen) atoms. The van der Waals surface area contributed by atoms with Crippen molar-refractivity contribution in [2.75, 3.05) is 23.7 Å². The molecule has 1 atom stereocenters. The Hall–Kier alpha value is -2.07. The summed E-state index contributed by atoms with van der Waals surface area (Å²) in [6, 6.07) is 20.4. The lowest BCUT2D eigenvalue weighted by Crippen LogP contribution is -2.27. The highest BCUT2D eigenvalue weighted by atomic mass is 79.9. The van der Waals surface area contributed by atoms with Crippen LogP contribution in [0.5, 0.6) is 11.5 Å². The number of hydrogen-bond donors (Lipinski definition) is 2. The summed E-state index contributed by atoms with van der Waals surface area (Å²) in [5.41, 5.74) is 3.39. The number of alkyl halides is 2. The topological polar surface area (TPSA) is 103 Å². The van der Waals surface area contributed by atoms with E-state index in [4.69, 9.17) is 9.26 Å². The summed E-state index contributed by atoms with van der Waals surface area (Å²) in [6.45, 7) is 0.914. The number of aryl methyl sites for hydroxylation is 1. The van der Waals surface area contributed by atoms with Crippen LogP contribution in [-0.2, 0) is 15.5 Å². The standard InChI is InChI=1S/C25H26Br2N3O5P/c26-11-13-28-36(33,29-14-12-27)35-24-10-9-20-16-23(30(31)32)25(17-22(20)24)34-21-8-4-7-19(15-21)18-5-2-1-3-6-18/h1-8,15-17,24H,9-14H2,(H2,28,29,33). The molecule has 3 aromatic carbocycles. The number of nitrogens with one attached hydrogen (secondary N) is 2. The first-order chi connectivity index (χ1) is 17.4. The van der Waals surface area contributed by atoms with Crippen LogP contribution in [0.3, 0.4) is 0 Å². The molecule has 1 aliphatic rings. The van der Waals surface area contributed by atoms with Crippen molar-refractivity contribution in [3.8, 4) is 22.6 Å². The summed E-state index contributed by atoms with van der Waals surface area (Å²) in [7, 11) is -3.35. The summed E-state index contributed by atoms with van der Waals surface area (Å²) in [5, 5.41) is 19.0. The predicted molar refractivity (Wildman–Crippen MR) is 148 cm³/mol. The van der Waals surface area contributed by atoms with Gasteiger partial charge in [-0.25, -0.2) is 10.2 Å². The average molecular weight is 639 g/mol. The maximum absolute atomic E-state index is 13.4. The quantitative estimate of drug-likeness (QED) is 0.0941. The van der Waals surface area contributed by atoms with Gasteiger partial charge in [0.2, 0.25) is 5.75 Å². The minimum Gasteiger partial charge on any atom is -0.450 e. The van der Waals surface area contributed by atoms with Gasteiger partial charge in [-0.05, 0) is 53.3 Å². The summed E-state index contributed by atoms with van der Waals surface area (Å²) in [6.07, 6.45) is 0.659. The second-order valence-corrected chi connectivity index (χ2v) is 11.7. The molecule has 0 bridgehead atoms. The fourth-order valence-corrected chi connectivity index (χ4v) is 6.76. The maximum Gasteiger partial charge on any atom is 0.341 e. The molecular formula is C25H26Br2N3O5P. The molecule has 1 aliphatic carbocycles. The number of halogens is 2. The number of nitrogens with zero attached hydrogens (tertiary/aromatic N) is 1. The Morgan fingerprint density at radius 3 is 2.33 bits per heavy atom. The largest absolute Gasteiger partial charge is 0.450 e. The molecule has 0 spiro atoms. The zero-order valence-corrected chi connectivity index (χ0v) is 23.4. The third kappa shape index (κ3) is 6.62. The Labute approximate surface area is 226 Å². The second-order valence-electron chi connectivity index (χ2n) is 8.15. The Morgan fingerprint density at radius 2 is 1.67 bits per heavy atom. The van der Waals surface area contributed by atoms with E-state index < -0.39 is 18.7 Å². The average Bonchev–Trinajstić information content (AvgIpc) is 3.27. The first-order valence-corrected chi connectivity index (χ1v) is 15.3. The molecule has 0 radical (unpaired) electrons. The van der Waals surface area contributed by atoms with Crippen LogP contribution in [0, 0.1) is 10.1 Å². The Bertz CT molecular complexity index is 1250. The zero-order valence-electron chi connectivity index (χ0n) is 19.4. The van der Waals surface area contributed by atoms with Gasteiger partial charge in [-0.3, -0.25) is 19.2 Å². The number of hydrogen-bond acceptors (Lipinski definition) is 5. The van der Waals surface area contributed by atoms with Gasteiger partial charge in [0, 0.05) is 29.8 Å². The van der Waals surface area contributed by atoms with Crippen molar-refractivity contribution >= 4 is 45.2 Å². The van der Waals surface area contributed by atoms with Crippen molar-refractivity contribution in [1.82, 2.24) is 10.2 Å². The Balaban J connectivity index is 1.63. The molecule has 0 aliphatic heterocycles. The van der Waals surface area contributed by atoms with Crippen molar-refractivity contribution in [2.24, 2.45) is 0 Å². The van der Waals surface area contributed by atoms with Gasteiger partial charge in [0.1, 0.15) is 5.75 Å². The molecule has 4 rings (SSSR count). The van der Waals surface area contributed by atoms with E-state index in [1.165, 1.54) is 6.07 Å². The zero-order chi connectivity index (χ0) is 25.5. The molecule has 3 aromatic rings. The summed E-state index contributed by atoms with van der Waals surface area (Å²) >= 11 is 6.67. The van der Waals surface area contributed by atoms with Gasteiger partial charge in [-0.1, -0.05) is 74.3 Å². The van der Waals surface area contributed by atoms with Gasteiger partial charge in [-0.15, -0.1) is 0 Å². The lowest BCUT2D eigenvalue weighted by molar-refractivity contribution is -0.385. The SMILES string of the molecule is O=[N+]([O-])c1cc2c(cc1Oc1cccc(-c3ccccc3)c1)C(OP(=O)(NCCBr)NCCBr)CC2. The maximum atomic E-state index is 13.4. The highest BCUT2D eigenvalue weighted by Crippen LogP contribution is 2.50. The van der Waals surface area contributed by atoms with E-state index in [-0.39, 0.29) is 11.4 Å². The summed E-state index contributed by atoms with van der Waals surface area (Å²) < 4.78 is 25.5. The van der Waals surface area contributed by atoms with E-state index in [9.17, 15) is 14.7 Å². The van der Waals surface area contributed by atoms with Crippen LogP contribution in [0.4, 0.5) is 5.69 Å². The first-order valence-electron chi connectivity index (χ1n) is 11.5. The van der Waals surface area contributed by atoms with Crippen molar-refractivity contribution in [2.45, 2.75) is 18.9 Å². The lowest BCUT2D eigenvalue weighted by Gasteiger charge is -2.24. The fraction of sp³-hybridized carbons (Fsp3) is 0.280. The van der Waals surface area contributed by atoms with Crippen LogP contribution >= 0.6 is 39.5 Å². The number of nitro benzene ring substituents is 1. The molecule has 2 N–H and O–H groups in total.